The predicted molar refractivity (Wildman–Crippen MR) is 104 cm³/mol. The lowest BCUT2D eigenvalue weighted by Crippen LogP contribution is -2.43. The van der Waals surface area contributed by atoms with Crippen LogP contribution in [0.3, 0.4) is 0 Å². The number of carbonyl (C=O) groups excluding carboxylic acids is 3. The predicted octanol–water partition coefficient (Wildman–Crippen LogP) is 2.36. The fourth-order valence-electron chi connectivity index (χ4n) is 2.58. The standard InChI is InChI=1S/C17H17ClN2O4S2/c18-11-3-1-10(2-4-11)7-14-16(23)20(17(24)26-14)6-5-15(22)19-12-8-25-9-13(12)21/h1-4,7,12-13,21H,5-6,8-9H2,(H,19,22). The molecule has 0 spiro atoms. The Kier molecular flexibility index (Phi) is 6.29. The average Bonchev–Trinajstić information content (AvgIpc) is 3.12. The topological polar surface area (TPSA) is 86.7 Å². The zero-order valence-corrected chi connectivity index (χ0v) is 16.1. The van der Waals surface area contributed by atoms with Gasteiger partial charge in [-0.15, -0.1) is 0 Å². The van der Waals surface area contributed by atoms with Crippen LogP contribution in [0.1, 0.15) is 12.0 Å². The largest absolute Gasteiger partial charge is 0.390 e. The highest BCUT2D eigenvalue weighted by Crippen LogP contribution is 2.32. The molecule has 2 aliphatic rings. The minimum absolute atomic E-state index is 0.0140. The third kappa shape index (κ3) is 4.62. The van der Waals surface area contributed by atoms with Crippen molar-refractivity contribution in [3.05, 3.63) is 39.8 Å². The molecule has 2 aliphatic heterocycles. The normalized spacial score (nSPS) is 24.5. The van der Waals surface area contributed by atoms with Crippen molar-refractivity contribution in [2.75, 3.05) is 18.1 Å². The Labute approximate surface area is 164 Å². The molecule has 3 amide bonds. The molecule has 0 aliphatic carbocycles. The van der Waals surface area contributed by atoms with Crippen molar-refractivity contribution in [3.8, 4) is 0 Å². The van der Waals surface area contributed by atoms with Gasteiger partial charge in [-0.2, -0.15) is 11.8 Å². The number of aliphatic hydroxyl groups is 1. The molecule has 138 valence electrons. The van der Waals surface area contributed by atoms with Gasteiger partial charge >= 0.3 is 0 Å². The number of benzene rings is 1. The van der Waals surface area contributed by atoms with Gasteiger partial charge in [0.1, 0.15) is 0 Å². The molecule has 26 heavy (non-hydrogen) atoms. The van der Waals surface area contributed by atoms with E-state index in [1.807, 2.05) is 0 Å². The zero-order chi connectivity index (χ0) is 18.7. The van der Waals surface area contributed by atoms with Crippen molar-refractivity contribution >= 4 is 58.3 Å². The number of thioether (sulfide) groups is 2. The third-order valence-corrected chi connectivity index (χ3v) is 6.33. The summed E-state index contributed by atoms with van der Waals surface area (Å²) >= 11 is 8.27. The van der Waals surface area contributed by atoms with E-state index >= 15 is 0 Å². The maximum absolute atomic E-state index is 12.4. The van der Waals surface area contributed by atoms with Crippen LogP contribution < -0.4 is 5.32 Å². The quantitative estimate of drug-likeness (QED) is 0.722. The lowest BCUT2D eigenvalue weighted by molar-refractivity contribution is -0.124. The summed E-state index contributed by atoms with van der Waals surface area (Å²) in [7, 11) is 0. The Morgan fingerprint density at radius 1 is 1.31 bits per heavy atom. The van der Waals surface area contributed by atoms with Crippen LogP contribution in [0.5, 0.6) is 0 Å². The first kappa shape index (κ1) is 19.3. The first-order valence-electron chi connectivity index (χ1n) is 8.00. The van der Waals surface area contributed by atoms with E-state index in [4.69, 9.17) is 11.6 Å². The van der Waals surface area contributed by atoms with Crippen LogP contribution in [0.4, 0.5) is 4.79 Å². The smallest absolute Gasteiger partial charge is 0.293 e. The molecule has 2 fully saturated rings. The van der Waals surface area contributed by atoms with E-state index < -0.39 is 12.0 Å². The van der Waals surface area contributed by atoms with E-state index in [1.54, 1.807) is 42.1 Å². The molecule has 0 saturated carbocycles. The van der Waals surface area contributed by atoms with E-state index in [-0.39, 0.29) is 30.2 Å². The van der Waals surface area contributed by atoms with E-state index in [0.29, 0.717) is 21.4 Å². The number of imide groups is 1. The molecule has 2 N–H and O–H groups in total. The van der Waals surface area contributed by atoms with Gasteiger partial charge in [-0.3, -0.25) is 19.3 Å². The van der Waals surface area contributed by atoms with E-state index in [9.17, 15) is 19.5 Å². The molecule has 2 heterocycles. The highest BCUT2D eigenvalue weighted by molar-refractivity contribution is 8.18. The van der Waals surface area contributed by atoms with Crippen LogP contribution in [0, 0.1) is 0 Å². The van der Waals surface area contributed by atoms with Crippen molar-refractivity contribution in [3.63, 3.8) is 0 Å². The second-order valence-electron chi connectivity index (χ2n) is 5.91. The molecular weight excluding hydrogens is 396 g/mol. The Morgan fingerprint density at radius 3 is 2.69 bits per heavy atom. The van der Waals surface area contributed by atoms with Gasteiger partial charge in [0, 0.05) is 29.5 Å². The number of hydrogen-bond acceptors (Lipinski definition) is 6. The Hall–Kier alpha value is -1.48. The Balaban J connectivity index is 1.57. The molecule has 6 nitrogen and oxygen atoms in total. The second kappa shape index (κ2) is 8.47. The monoisotopic (exact) mass is 412 g/mol. The van der Waals surface area contributed by atoms with Gasteiger partial charge in [0.2, 0.25) is 5.91 Å². The van der Waals surface area contributed by atoms with Crippen LogP contribution >= 0.6 is 35.1 Å². The molecule has 1 aromatic rings. The molecule has 2 unspecified atom stereocenters. The van der Waals surface area contributed by atoms with Gasteiger partial charge < -0.3 is 10.4 Å². The van der Waals surface area contributed by atoms with Crippen LogP contribution in [-0.4, -0.2) is 57.3 Å². The summed E-state index contributed by atoms with van der Waals surface area (Å²) in [6.07, 6.45) is 1.09. The summed E-state index contributed by atoms with van der Waals surface area (Å²) in [6.45, 7) is 0.0183. The number of carbonyl (C=O) groups is 3. The number of amides is 3. The van der Waals surface area contributed by atoms with Crippen molar-refractivity contribution in [2.24, 2.45) is 0 Å². The number of hydrogen-bond donors (Lipinski definition) is 2. The number of nitrogens with zero attached hydrogens (tertiary/aromatic N) is 1. The van der Waals surface area contributed by atoms with E-state index in [0.717, 1.165) is 22.2 Å². The highest BCUT2D eigenvalue weighted by atomic mass is 35.5. The number of aliphatic hydroxyl groups excluding tert-OH is 1. The molecule has 0 aromatic heterocycles. The summed E-state index contributed by atoms with van der Waals surface area (Å²) in [5, 5.41) is 12.7. The Morgan fingerprint density at radius 2 is 2.04 bits per heavy atom. The molecule has 1 aromatic carbocycles. The molecule has 9 heteroatoms. The average molecular weight is 413 g/mol. The van der Waals surface area contributed by atoms with Gasteiger partial charge in [0.15, 0.2) is 0 Å². The molecule has 3 rings (SSSR count). The van der Waals surface area contributed by atoms with Crippen LogP contribution in [0.15, 0.2) is 29.2 Å². The van der Waals surface area contributed by atoms with Crippen LogP contribution in [-0.2, 0) is 9.59 Å². The SMILES string of the molecule is O=C(CCN1C(=O)SC(=Cc2ccc(Cl)cc2)C1=O)NC1CSCC1O. The summed E-state index contributed by atoms with van der Waals surface area (Å²) < 4.78 is 0. The number of nitrogens with one attached hydrogen (secondary N) is 1. The van der Waals surface area contributed by atoms with E-state index in [2.05, 4.69) is 5.32 Å². The number of halogens is 1. The maximum Gasteiger partial charge on any atom is 0.293 e. The first-order valence-corrected chi connectivity index (χ1v) is 10.3. The second-order valence-corrected chi connectivity index (χ2v) is 8.42. The van der Waals surface area contributed by atoms with Crippen molar-refractivity contribution in [1.29, 1.82) is 0 Å². The maximum atomic E-state index is 12.4. The van der Waals surface area contributed by atoms with Gasteiger partial charge in [-0.05, 0) is 35.5 Å². The molecule has 2 atom stereocenters. The summed E-state index contributed by atoms with van der Waals surface area (Å²) in [6, 6.07) is 6.66. The molecule has 0 bridgehead atoms. The first-order chi connectivity index (χ1) is 12.4. The summed E-state index contributed by atoms with van der Waals surface area (Å²) in [5.74, 6) is 0.582. The zero-order valence-electron chi connectivity index (χ0n) is 13.7. The fraction of sp³-hybridized carbons (Fsp3) is 0.353. The van der Waals surface area contributed by atoms with Gasteiger partial charge in [-0.25, -0.2) is 0 Å². The summed E-state index contributed by atoms with van der Waals surface area (Å²) in [4.78, 5) is 37.9. The van der Waals surface area contributed by atoms with Gasteiger partial charge in [0.25, 0.3) is 11.1 Å². The lowest BCUT2D eigenvalue weighted by atomic mass is 10.2. The Bertz CT molecular complexity index is 754. The fourth-order valence-corrected chi connectivity index (χ4v) is 4.74. The molecule has 0 radical (unpaired) electrons. The number of rotatable bonds is 5. The minimum Gasteiger partial charge on any atom is -0.390 e. The van der Waals surface area contributed by atoms with Crippen molar-refractivity contribution in [1.82, 2.24) is 10.2 Å². The molecule has 2 saturated heterocycles. The lowest BCUT2D eigenvalue weighted by Gasteiger charge is -2.17. The van der Waals surface area contributed by atoms with Crippen molar-refractivity contribution in [2.45, 2.75) is 18.6 Å². The van der Waals surface area contributed by atoms with Crippen molar-refractivity contribution < 1.29 is 19.5 Å². The van der Waals surface area contributed by atoms with Crippen LogP contribution in [0.25, 0.3) is 6.08 Å². The molecular formula is C17H17ClN2O4S2. The highest BCUT2D eigenvalue weighted by Gasteiger charge is 2.35. The third-order valence-electron chi connectivity index (χ3n) is 4.00. The van der Waals surface area contributed by atoms with E-state index in [1.165, 1.54) is 0 Å². The van der Waals surface area contributed by atoms with Gasteiger partial charge in [0.05, 0.1) is 17.1 Å². The summed E-state index contributed by atoms with van der Waals surface area (Å²) in [5.41, 5.74) is 0.769. The van der Waals surface area contributed by atoms with Gasteiger partial charge in [-0.1, -0.05) is 23.7 Å². The van der Waals surface area contributed by atoms with Crippen LogP contribution in [0.2, 0.25) is 5.02 Å². The minimum atomic E-state index is -0.552.